The van der Waals surface area contributed by atoms with Crippen LogP contribution >= 0.6 is 11.8 Å². The summed E-state index contributed by atoms with van der Waals surface area (Å²) in [5, 5.41) is 12.7. The van der Waals surface area contributed by atoms with E-state index in [2.05, 4.69) is 20.5 Å². The Kier molecular flexibility index (Phi) is 6.98. The van der Waals surface area contributed by atoms with Gasteiger partial charge in [0.25, 0.3) is 0 Å². The van der Waals surface area contributed by atoms with Crippen molar-refractivity contribution in [2.24, 2.45) is 7.05 Å². The van der Waals surface area contributed by atoms with Crippen molar-refractivity contribution >= 4 is 17.9 Å². The molecule has 0 spiro atoms. The van der Waals surface area contributed by atoms with Crippen molar-refractivity contribution in [1.82, 2.24) is 30.1 Å². The summed E-state index contributed by atoms with van der Waals surface area (Å²) < 4.78 is 12.9. The highest BCUT2D eigenvalue weighted by Crippen LogP contribution is 2.28. The largest absolute Gasteiger partial charge is 0.492 e. The topological polar surface area (TPSA) is 95.3 Å². The third kappa shape index (κ3) is 5.94. The van der Waals surface area contributed by atoms with Gasteiger partial charge in [0.15, 0.2) is 0 Å². The molecule has 2 aromatic heterocycles. The molecule has 1 amide bonds. The zero-order valence-corrected chi connectivity index (χ0v) is 18.1. The second kappa shape index (κ2) is 10.3. The Hall–Kier alpha value is -3.14. The molecule has 31 heavy (non-hydrogen) atoms. The first-order valence-corrected chi connectivity index (χ1v) is 11.0. The fourth-order valence-electron chi connectivity index (χ4n) is 3.24. The Bertz CT molecular complexity index is 974. The first kappa shape index (κ1) is 21.1. The molecule has 1 aliphatic heterocycles. The number of carbonyl (C=O) groups excluding carboxylic acids is 1. The number of thioether (sulfide) groups is 1. The van der Waals surface area contributed by atoms with Crippen molar-refractivity contribution in [2.45, 2.75) is 29.7 Å². The van der Waals surface area contributed by atoms with Crippen LogP contribution in [0.1, 0.15) is 18.4 Å². The quantitative estimate of drug-likeness (QED) is 0.553. The number of nitrogens with zero attached hydrogens (tertiary/aromatic N) is 6. The van der Waals surface area contributed by atoms with Crippen LogP contribution in [0.5, 0.6) is 11.5 Å². The predicted molar refractivity (Wildman–Crippen MR) is 115 cm³/mol. The van der Waals surface area contributed by atoms with Crippen LogP contribution in [0.2, 0.25) is 0 Å². The number of carbonyl (C=O) groups is 1. The second-order valence-electron chi connectivity index (χ2n) is 7.19. The third-order valence-corrected chi connectivity index (χ3v) is 6.34. The van der Waals surface area contributed by atoms with Crippen LogP contribution in [0.4, 0.5) is 4.79 Å². The normalized spacial score (nSPS) is 14.4. The molecule has 0 N–H and O–H groups in total. The first-order valence-electron chi connectivity index (χ1n) is 10.1. The molecule has 3 aromatic rings. The molecular weight excluding hydrogens is 416 g/mol. The molecule has 0 aliphatic carbocycles. The van der Waals surface area contributed by atoms with Gasteiger partial charge in [0.1, 0.15) is 11.5 Å². The Morgan fingerprint density at radius 3 is 2.65 bits per heavy atom. The summed E-state index contributed by atoms with van der Waals surface area (Å²) >= 11 is 1.66. The standard InChI is InChI=1S/C21H24N6O3S/c1-26-20(23-24-25-26)31-19-8-12-27(13-9-19)21(28)30-17-6-4-16(5-7-17)10-14-29-18-3-2-11-22-15-18/h2-7,11,15,19H,8-10,12-14H2,1H3. The number of hydrogen-bond donors (Lipinski definition) is 0. The van der Waals surface area contributed by atoms with E-state index in [0.717, 1.165) is 35.7 Å². The Balaban J connectivity index is 1.19. The van der Waals surface area contributed by atoms with Gasteiger partial charge < -0.3 is 14.4 Å². The summed E-state index contributed by atoms with van der Waals surface area (Å²) in [6, 6.07) is 11.3. The highest BCUT2D eigenvalue weighted by molar-refractivity contribution is 7.99. The van der Waals surface area contributed by atoms with Crippen molar-refractivity contribution < 1.29 is 14.3 Å². The van der Waals surface area contributed by atoms with Gasteiger partial charge in [-0.05, 0) is 53.1 Å². The number of benzene rings is 1. The fourth-order valence-corrected chi connectivity index (χ4v) is 4.25. The maximum atomic E-state index is 12.5. The van der Waals surface area contributed by atoms with E-state index in [4.69, 9.17) is 9.47 Å². The molecule has 0 atom stereocenters. The zero-order chi connectivity index (χ0) is 21.5. The van der Waals surface area contributed by atoms with E-state index >= 15 is 0 Å². The lowest BCUT2D eigenvalue weighted by atomic mass is 10.1. The van der Waals surface area contributed by atoms with Crippen LogP contribution in [0.3, 0.4) is 0 Å². The minimum atomic E-state index is -0.309. The zero-order valence-electron chi connectivity index (χ0n) is 17.3. The molecule has 1 aromatic carbocycles. The maximum Gasteiger partial charge on any atom is 0.415 e. The average molecular weight is 441 g/mol. The number of rotatable bonds is 7. The number of pyridine rings is 1. The number of tetrazole rings is 1. The van der Waals surface area contributed by atoms with Gasteiger partial charge in [-0.2, -0.15) is 0 Å². The Morgan fingerprint density at radius 1 is 1.16 bits per heavy atom. The smallest absolute Gasteiger partial charge is 0.415 e. The van der Waals surface area contributed by atoms with Crippen LogP contribution < -0.4 is 9.47 Å². The Morgan fingerprint density at radius 2 is 1.97 bits per heavy atom. The number of piperidine rings is 1. The van der Waals surface area contributed by atoms with E-state index in [-0.39, 0.29) is 6.09 Å². The van der Waals surface area contributed by atoms with Crippen molar-refractivity contribution in [3.8, 4) is 11.5 Å². The molecule has 1 saturated heterocycles. The fraction of sp³-hybridized carbons (Fsp3) is 0.381. The van der Waals surface area contributed by atoms with E-state index < -0.39 is 0 Å². The molecule has 0 unspecified atom stereocenters. The van der Waals surface area contributed by atoms with Crippen molar-refractivity contribution in [3.63, 3.8) is 0 Å². The summed E-state index contributed by atoms with van der Waals surface area (Å²) in [5.41, 5.74) is 1.11. The maximum absolute atomic E-state index is 12.5. The van der Waals surface area contributed by atoms with E-state index in [1.54, 1.807) is 33.7 Å². The van der Waals surface area contributed by atoms with E-state index in [9.17, 15) is 4.79 Å². The average Bonchev–Trinajstić information content (AvgIpc) is 3.20. The van der Waals surface area contributed by atoms with E-state index in [1.165, 1.54) is 0 Å². The van der Waals surface area contributed by atoms with Crippen LogP contribution in [0.25, 0.3) is 0 Å². The second-order valence-corrected chi connectivity index (χ2v) is 8.46. The van der Waals surface area contributed by atoms with Gasteiger partial charge in [0.2, 0.25) is 5.16 Å². The number of hydrogen-bond acceptors (Lipinski definition) is 8. The van der Waals surface area contributed by atoms with Crippen molar-refractivity contribution in [3.05, 3.63) is 54.4 Å². The summed E-state index contributed by atoms with van der Waals surface area (Å²) in [4.78, 5) is 18.3. The molecule has 0 radical (unpaired) electrons. The van der Waals surface area contributed by atoms with Gasteiger partial charge in [-0.1, -0.05) is 23.9 Å². The monoisotopic (exact) mass is 440 g/mol. The molecule has 1 aliphatic rings. The van der Waals surface area contributed by atoms with Gasteiger partial charge in [-0.15, -0.1) is 5.10 Å². The lowest BCUT2D eigenvalue weighted by Gasteiger charge is -2.30. The minimum absolute atomic E-state index is 0.309. The molecule has 0 bridgehead atoms. The number of likely N-dealkylation sites (tertiary alicyclic amines) is 1. The minimum Gasteiger partial charge on any atom is -0.492 e. The third-order valence-electron chi connectivity index (χ3n) is 4.98. The first-order chi connectivity index (χ1) is 15.2. The van der Waals surface area contributed by atoms with Crippen LogP contribution in [0, 0.1) is 0 Å². The molecule has 10 heteroatoms. The van der Waals surface area contributed by atoms with Gasteiger partial charge >= 0.3 is 6.09 Å². The van der Waals surface area contributed by atoms with Crippen LogP contribution in [-0.4, -0.2) is 61.1 Å². The number of amides is 1. The summed E-state index contributed by atoms with van der Waals surface area (Å²) in [6.45, 7) is 1.87. The highest BCUT2D eigenvalue weighted by atomic mass is 32.2. The highest BCUT2D eigenvalue weighted by Gasteiger charge is 2.26. The van der Waals surface area contributed by atoms with E-state index in [0.29, 0.717) is 30.7 Å². The lowest BCUT2D eigenvalue weighted by Crippen LogP contribution is -2.41. The molecule has 0 saturated carbocycles. The summed E-state index contributed by atoms with van der Waals surface area (Å²) in [6.07, 6.45) is 5.61. The molecule has 3 heterocycles. The molecule has 9 nitrogen and oxygen atoms in total. The predicted octanol–water partition coefficient (Wildman–Crippen LogP) is 2.98. The van der Waals surface area contributed by atoms with Gasteiger partial charge in [-0.25, -0.2) is 9.48 Å². The van der Waals surface area contributed by atoms with Gasteiger partial charge in [0, 0.05) is 38.0 Å². The van der Waals surface area contributed by atoms with Crippen molar-refractivity contribution in [1.29, 1.82) is 0 Å². The van der Waals surface area contributed by atoms with Crippen LogP contribution in [0.15, 0.2) is 53.9 Å². The molecule has 162 valence electrons. The number of aromatic nitrogens is 5. The SMILES string of the molecule is Cn1nnnc1SC1CCN(C(=O)Oc2ccc(CCOc3cccnc3)cc2)CC1. The molecule has 1 fully saturated rings. The summed E-state index contributed by atoms with van der Waals surface area (Å²) in [5.74, 6) is 1.30. The molecular formula is C21H24N6O3S. The van der Waals surface area contributed by atoms with Gasteiger partial charge in [0.05, 0.1) is 12.8 Å². The van der Waals surface area contributed by atoms with Crippen molar-refractivity contribution in [2.75, 3.05) is 19.7 Å². The Labute approximate surface area is 184 Å². The van der Waals surface area contributed by atoms with E-state index in [1.807, 2.05) is 43.4 Å². The van der Waals surface area contributed by atoms with Gasteiger partial charge in [-0.3, -0.25) is 4.98 Å². The number of aryl methyl sites for hydroxylation is 1. The summed E-state index contributed by atoms with van der Waals surface area (Å²) in [7, 11) is 1.83. The number of ether oxygens (including phenoxy) is 2. The molecule has 4 rings (SSSR count). The lowest BCUT2D eigenvalue weighted by molar-refractivity contribution is 0.143. The van der Waals surface area contributed by atoms with Crippen LogP contribution in [-0.2, 0) is 13.5 Å².